The lowest BCUT2D eigenvalue weighted by Gasteiger charge is -2.18. The van der Waals surface area contributed by atoms with E-state index in [0.29, 0.717) is 5.69 Å². The Bertz CT molecular complexity index is 620. The zero-order valence-corrected chi connectivity index (χ0v) is 10.5. The number of alkyl halides is 2. The molecule has 0 saturated carbocycles. The maximum absolute atomic E-state index is 14.5. The summed E-state index contributed by atoms with van der Waals surface area (Å²) >= 11 is 0. The molecule has 2 aromatic carbocycles. The van der Waals surface area contributed by atoms with Crippen molar-refractivity contribution in [2.24, 2.45) is 0 Å². The predicted octanol–water partition coefficient (Wildman–Crippen LogP) is 3.90. The van der Waals surface area contributed by atoms with Crippen molar-refractivity contribution in [2.75, 3.05) is 5.73 Å². The zero-order chi connectivity index (χ0) is 13.5. The van der Waals surface area contributed by atoms with Crippen LogP contribution >= 0.6 is 0 Å². The van der Waals surface area contributed by atoms with Gasteiger partial charge in [-0.3, -0.25) is 0 Å². The van der Waals surface area contributed by atoms with Crippen LogP contribution in [0.1, 0.15) is 28.7 Å². The molecule has 0 fully saturated rings. The first-order chi connectivity index (χ1) is 9.07. The van der Waals surface area contributed by atoms with Crippen LogP contribution in [0.15, 0.2) is 42.5 Å². The Morgan fingerprint density at radius 1 is 0.895 bits per heavy atom. The molecule has 19 heavy (non-hydrogen) atoms. The van der Waals surface area contributed by atoms with Gasteiger partial charge in [-0.15, -0.1) is 0 Å². The van der Waals surface area contributed by atoms with Crippen LogP contribution in [-0.2, 0) is 18.8 Å². The van der Waals surface area contributed by atoms with Crippen LogP contribution in [0, 0.1) is 0 Å². The molecule has 98 valence electrons. The lowest BCUT2D eigenvalue weighted by molar-refractivity contribution is 0.0428. The van der Waals surface area contributed by atoms with Gasteiger partial charge in [-0.2, -0.15) is 8.78 Å². The number of halogens is 2. The first kappa shape index (κ1) is 12.2. The maximum atomic E-state index is 14.5. The summed E-state index contributed by atoms with van der Waals surface area (Å²) in [5.74, 6) is -2.99. The highest BCUT2D eigenvalue weighted by Crippen LogP contribution is 2.38. The van der Waals surface area contributed by atoms with Crippen LogP contribution in [0.2, 0.25) is 0 Å². The summed E-state index contributed by atoms with van der Waals surface area (Å²) in [6.07, 6.45) is 2.96. The van der Waals surface area contributed by atoms with Crippen molar-refractivity contribution in [3.05, 3.63) is 64.7 Å². The molecule has 0 saturated heterocycles. The second-order valence-electron chi connectivity index (χ2n) is 5.04. The van der Waals surface area contributed by atoms with E-state index in [-0.39, 0.29) is 11.1 Å². The van der Waals surface area contributed by atoms with Crippen molar-refractivity contribution in [2.45, 2.75) is 25.2 Å². The van der Waals surface area contributed by atoms with Crippen molar-refractivity contribution in [1.82, 2.24) is 0 Å². The van der Waals surface area contributed by atoms with Crippen molar-refractivity contribution in [1.29, 1.82) is 0 Å². The molecule has 3 heteroatoms. The minimum atomic E-state index is -2.99. The number of nitrogens with two attached hydrogens (primary N) is 1. The second-order valence-corrected chi connectivity index (χ2v) is 5.04. The van der Waals surface area contributed by atoms with E-state index in [2.05, 4.69) is 0 Å². The van der Waals surface area contributed by atoms with Gasteiger partial charge in [0.25, 0.3) is 5.92 Å². The molecule has 0 spiro atoms. The van der Waals surface area contributed by atoms with Gasteiger partial charge in [0.05, 0.1) is 0 Å². The predicted molar refractivity (Wildman–Crippen MR) is 72.3 cm³/mol. The van der Waals surface area contributed by atoms with Crippen LogP contribution in [0.5, 0.6) is 0 Å². The summed E-state index contributed by atoms with van der Waals surface area (Å²) in [7, 11) is 0. The van der Waals surface area contributed by atoms with E-state index < -0.39 is 5.92 Å². The van der Waals surface area contributed by atoms with Gasteiger partial charge in [-0.1, -0.05) is 24.3 Å². The largest absolute Gasteiger partial charge is 0.399 e. The van der Waals surface area contributed by atoms with Gasteiger partial charge in [-0.05, 0) is 48.6 Å². The van der Waals surface area contributed by atoms with Gasteiger partial charge in [0.2, 0.25) is 0 Å². The van der Waals surface area contributed by atoms with E-state index in [1.54, 1.807) is 18.2 Å². The molecule has 1 nitrogen and oxygen atoms in total. The molecule has 0 atom stereocenters. The molecule has 2 N–H and O–H groups in total. The maximum Gasteiger partial charge on any atom is 0.298 e. The molecule has 3 rings (SSSR count). The van der Waals surface area contributed by atoms with E-state index in [0.717, 1.165) is 24.8 Å². The Kier molecular flexibility index (Phi) is 2.77. The molecule has 0 radical (unpaired) electrons. The highest BCUT2D eigenvalue weighted by atomic mass is 19.3. The number of hydrogen-bond acceptors (Lipinski definition) is 1. The number of rotatable bonds is 2. The topological polar surface area (TPSA) is 26.0 Å². The Morgan fingerprint density at radius 3 is 2.42 bits per heavy atom. The molecule has 0 heterocycles. The Balaban J connectivity index is 2.04. The number of fused-ring (bicyclic) bond motifs is 1. The summed E-state index contributed by atoms with van der Waals surface area (Å²) < 4.78 is 29.0. The summed E-state index contributed by atoms with van der Waals surface area (Å²) in [6, 6.07) is 10.9. The monoisotopic (exact) mass is 259 g/mol. The quantitative estimate of drug-likeness (QED) is 0.813. The van der Waals surface area contributed by atoms with Crippen molar-refractivity contribution in [3.63, 3.8) is 0 Å². The third-order valence-electron chi connectivity index (χ3n) is 3.71. The first-order valence-corrected chi connectivity index (χ1v) is 6.43. The fourth-order valence-corrected chi connectivity index (χ4v) is 2.67. The molecule has 2 aromatic rings. The number of aryl methyl sites for hydroxylation is 2. The van der Waals surface area contributed by atoms with Crippen LogP contribution in [0.3, 0.4) is 0 Å². The van der Waals surface area contributed by atoms with E-state index in [1.807, 2.05) is 6.07 Å². The zero-order valence-electron chi connectivity index (χ0n) is 10.5. The molecular weight excluding hydrogens is 244 g/mol. The summed E-state index contributed by atoms with van der Waals surface area (Å²) in [5.41, 5.74) is 8.21. The Labute approximate surface area is 111 Å². The number of nitrogen functional groups attached to an aromatic ring is 1. The van der Waals surface area contributed by atoms with E-state index in [9.17, 15) is 8.78 Å². The SMILES string of the molecule is Nc1cccc(C(F)(F)c2ccc3c(c2)CCC3)c1. The highest BCUT2D eigenvalue weighted by molar-refractivity contribution is 5.46. The fraction of sp³-hybridized carbons (Fsp3) is 0.250. The van der Waals surface area contributed by atoms with Gasteiger partial charge >= 0.3 is 0 Å². The molecule has 0 aliphatic heterocycles. The van der Waals surface area contributed by atoms with Gasteiger partial charge in [0.1, 0.15) is 0 Å². The summed E-state index contributed by atoms with van der Waals surface area (Å²) in [4.78, 5) is 0. The number of hydrogen-bond donors (Lipinski definition) is 1. The lowest BCUT2D eigenvalue weighted by Crippen LogP contribution is -2.15. The molecule has 0 aromatic heterocycles. The van der Waals surface area contributed by atoms with E-state index >= 15 is 0 Å². The van der Waals surface area contributed by atoms with Gasteiger partial charge in [0.15, 0.2) is 0 Å². The number of benzene rings is 2. The third kappa shape index (κ3) is 2.09. The van der Waals surface area contributed by atoms with Gasteiger partial charge in [-0.25, -0.2) is 0 Å². The average molecular weight is 259 g/mol. The van der Waals surface area contributed by atoms with Crippen molar-refractivity contribution < 1.29 is 8.78 Å². The van der Waals surface area contributed by atoms with Crippen LogP contribution in [-0.4, -0.2) is 0 Å². The molecule has 0 unspecified atom stereocenters. The standard InChI is InChI=1S/C16H15F2N/c17-16(18,13-5-2-6-15(19)10-13)14-8-7-11-3-1-4-12(11)9-14/h2,5-10H,1,3-4,19H2. The second kappa shape index (κ2) is 4.34. The molecule has 1 aliphatic rings. The van der Waals surface area contributed by atoms with Gasteiger partial charge in [0, 0.05) is 16.8 Å². The average Bonchev–Trinajstić information content (AvgIpc) is 2.85. The summed E-state index contributed by atoms with van der Waals surface area (Å²) in [5, 5.41) is 0. The normalized spacial score (nSPS) is 14.4. The smallest absolute Gasteiger partial charge is 0.298 e. The highest BCUT2D eigenvalue weighted by Gasteiger charge is 2.34. The van der Waals surface area contributed by atoms with Crippen molar-refractivity contribution in [3.8, 4) is 0 Å². The molecular formula is C16H15F2N. The van der Waals surface area contributed by atoms with E-state index in [1.165, 1.54) is 23.8 Å². The van der Waals surface area contributed by atoms with E-state index in [4.69, 9.17) is 5.73 Å². The van der Waals surface area contributed by atoms with Crippen molar-refractivity contribution >= 4 is 5.69 Å². The van der Waals surface area contributed by atoms with Crippen LogP contribution < -0.4 is 5.73 Å². The minimum Gasteiger partial charge on any atom is -0.399 e. The number of anilines is 1. The van der Waals surface area contributed by atoms with Crippen LogP contribution in [0.4, 0.5) is 14.5 Å². The molecule has 0 amide bonds. The minimum absolute atomic E-state index is 0.0505. The van der Waals surface area contributed by atoms with Crippen LogP contribution in [0.25, 0.3) is 0 Å². The Hall–Kier alpha value is -1.90. The first-order valence-electron chi connectivity index (χ1n) is 6.43. The fourth-order valence-electron chi connectivity index (χ4n) is 2.67. The summed E-state index contributed by atoms with van der Waals surface area (Å²) in [6.45, 7) is 0. The Morgan fingerprint density at radius 2 is 1.63 bits per heavy atom. The molecule has 0 bridgehead atoms. The lowest BCUT2D eigenvalue weighted by atomic mass is 9.97. The molecule has 1 aliphatic carbocycles. The van der Waals surface area contributed by atoms with Gasteiger partial charge < -0.3 is 5.73 Å². The third-order valence-corrected chi connectivity index (χ3v) is 3.71.